The minimum absolute atomic E-state index is 0.0312. The first kappa shape index (κ1) is 26.4. The minimum Gasteiger partial charge on any atom is -0.394 e. The second kappa shape index (κ2) is 10.2. The van der Waals surface area contributed by atoms with E-state index < -0.39 is 68.8 Å². The number of hydrogen-bond acceptors (Lipinski definition) is 15. The predicted octanol–water partition coefficient (Wildman–Crippen LogP) is -2.46. The number of nitrogens with one attached hydrogen (secondary N) is 1. The summed E-state index contributed by atoms with van der Waals surface area (Å²) in [5.74, 6) is -0.332. The molecule has 0 bridgehead atoms. The van der Waals surface area contributed by atoms with Crippen LogP contribution in [0, 0.1) is 0 Å². The van der Waals surface area contributed by atoms with Gasteiger partial charge >= 0.3 is 5.69 Å². The van der Waals surface area contributed by atoms with E-state index in [1.165, 1.54) is 10.9 Å². The summed E-state index contributed by atoms with van der Waals surface area (Å²) in [5, 5.41) is 20.1. The third-order valence-corrected chi connectivity index (χ3v) is 7.16. The Morgan fingerprint density at radius 2 is 1.84 bits per heavy atom. The fourth-order valence-electron chi connectivity index (χ4n) is 4.29. The molecule has 3 aromatic heterocycles. The van der Waals surface area contributed by atoms with Gasteiger partial charge in [0, 0.05) is 12.8 Å². The zero-order chi connectivity index (χ0) is 27.2. The van der Waals surface area contributed by atoms with E-state index in [-0.39, 0.29) is 35.9 Å². The number of rotatable bonds is 8. The number of aromatic nitrogens is 7. The Balaban J connectivity index is 1.22. The largest absolute Gasteiger partial charge is 0.394 e. The van der Waals surface area contributed by atoms with E-state index in [9.17, 15) is 24.4 Å². The Labute approximate surface area is 213 Å². The summed E-state index contributed by atoms with van der Waals surface area (Å²) in [5.41, 5.74) is 9.95. The van der Waals surface area contributed by atoms with Crippen LogP contribution in [-0.2, 0) is 23.1 Å². The standard InChI is InChI=1S/C18H23BN9O9P/c19-38(33,37-8-2-12(35-9(8)3-29)28-6-23-16(20)26-18(28)32)34-4-10-7(30)1-11(36-10)27-5-22-13-14(27)24-17(21)25-15(13)31/h5-12,29-30H,1-4H2,(H2,20,26,32)(H3,21,24,25,31)/t7-,8-,9?,10?,11-,12-,38?/m1/s1. The minimum atomic E-state index is -4.26. The first-order chi connectivity index (χ1) is 18.0. The lowest BCUT2D eigenvalue weighted by Gasteiger charge is -2.24. The second-order valence-corrected chi connectivity index (χ2v) is 10.2. The molecule has 2 fully saturated rings. The number of nitrogens with two attached hydrogens (primary N) is 2. The number of aromatic amines is 1. The third-order valence-electron chi connectivity index (χ3n) is 6.08. The Bertz CT molecular complexity index is 1500. The number of fused-ring (bicyclic) bond motifs is 1. The molecule has 20 heteroatoms. The molecule has 18 nitrogen and oxygen atoms in total. The van der Waals surface area contributed by atoms with Crippen LogP contribution >= 0.6 is 7.47 Å². The van der Waals surface area contributed by atoms with E-state index in [1.807, 2.05) is 0 Å². The molecule has 5 rings (SSSR count). The molecule has 7 atom stereocenters. The predicted molar refractivity (Wildman–Crippen MR) is 128 cm³/mol. The monoisotopic (exact) mass is 551 g/mol. The number of aliphatic hydroxyl groups is 2. The number of aliphatic hydroxyl groups excluding tert-OH is 2. The van der Waals surface area contributed by atoms with Crippen molar-refractivity contribution in [2.24, 2.45) is 0 Å². The Morgan fingerprint density at radius 1 is 1.13 bits per heavy atom. The van der Waals surface area contributed by atoms with Crippen molar-refractivity contribution in [3.63, 3.8) is 0 Å². The molecule has 3 aromatic rings. The molecule has 2 saturated heterocycles. The van der Waals surface area contributed by atoms with Crippen molar-refractivity contribution in [2.75, 3.05) is 24.7 Å². The number of H-pyrrole nitrogens is 1. The highest BCUT2D eigenvalue weighted by Gasteiger charge is 2.42. The molecule has 0 spiro atoms. The van der Waals surface area contributed by atoms with E-state index in [4.69, 9.17) is 37.6 Å². The number of nitrogens with zero attached hydrogens (tertiary/aromatic N) is 6. The average molecular weight is 551 g/mol. The van der Waals surface area contributed by atoms with Crippen molar-refractivity contribution in [2.45, 2.75) is 49.7 Å². The highest BCUT2D eigenvalue weighted by molar-refractivity contribution is 7.79. The van der Waals surface area contributed by atoms with Gasteiger partial charge in [-0.2, -0.15) is 9.97 Å². The van der Waals surface area contributed by atoms with Crippen molar-refractivity contribution < 1.29 is 33.3 Å². The van der Waals surface area contributed by atoms with E-state index >= 15 is 0 Å². The first-order valence-electron chi connectivity index (χ1n) is 11.3. The Kier molecular flexibility index (Phi) is 7.08. The van der Waals surface area contributed by atoms with Crippen LogP contribution < -0.4 is 22.7 Å². The van der Waals surface area contributed by atoms with Gasteiger partial charge in [-0.15, -0.1) is 0 Å². The molecule has 3 unspecified atom stereocenters. The maximum atomic E-state index is 12.9. The van der Waals surface area contributed by atoms with Gasteiger partial charge in [-0.05, 0) is 0 Å². The van der Waals surface area contributed by atoms with Crippen LogP contribution in [-0.4, -0.2) is 89.5 Å². The molecule has 0 saturated carbocycles. The van der Waals surface area contributed by atoms with E-state index in [2.05, 4.69) is 24.9 Å². The van der Waals surface area contributed by atoms with Crippen molar-refractivity contribution in [3.05, 3.63) is 33.5 Å². The maximum absolute atomic E-state index is 12.9. The number of imidazole rings is 1. The van der Waals surface area contributed by atoms with Crippen LogP contribution in [0.25, 0.3) is 11.2 Å². The number of nitrogen functional groups attached to an aromatic ring is 2. The fourth-order valence-corrected chi connectivity index (χ4v) is 5.30. The second-order valence-electron chi connectivity index (χ2n) is 8.64. The highest BCUT2D eigenvalue weighted by atomic mass is 31.2. The van der Waals surface area contributed by atoms with E-state index in [0.717, 1.165) is 10.9 Å². The number of ether oxygens (including phenoxy) is 2. The van der Waals surface area contributed by atoms with Gasteiger partial charge in [-0.1, -0.05) is 0 Å². The van der Waals surface area contributed by atoms with Crippen LogP contribution in [0.2, 0.25) is 0 Å². The van der Waals surface area contributed by atoms with Gasteiger partial charge in [0.05, 0.1) is 31.7 Å². The van der Waals surface area contributed by atoms with Crippen molar-refractivity contribution >= 4 is 38.1 Å². The molecule has 38 heavy (non-hydrogen) atoms. The van der Waals surface area contributed by atoms with Gasteiger partial charge in [-0.3, -0.25) is 23.5 Å². The van der Waals surface area contributed by atoms with Gasteiger partial charge in [0.15, 0.2) is 11.2 Å². The first-order valence-corrected chi connectivity index (χ1v) is 12.9. The SMILES string of the molecule is [B]P(=O)(OCC1O[C@@H](n2cnc3c(=O)[nH]c(N)nc32)C[C@H]1O)O[C@@H]1C[C@H](n2cnc(N)nc2=O)OC1CO. The van der Waals surface area contributed by atoms with Crippen LogP contribution in [0.1, 0.15) is 25.3 Å². The summed E-state index contributed by atoms with van der Waals surface area (Å²) in [6, 6.07) is 0. The van der Waals surface area contributed by atoms with Crippen LogP contribution in [0.4, 0.5) is 11.9 Å². The fraction of sp³-hybridized carbons (Fsp3) is 0.556. The summed E-state index contributed by atoms with van der Waals surface area (Å²) in [7, 11) is 1.50. The number of anilines is 2. The van der Waals surface area contributed by atoms with Gasteiger partial charge in [0.2, 0.25) is 19.5 Å². The summed E-state index contributed by atoms with van der Waals surface area (Å²) < 4.78 is 37.5. The lowest BCUT2D eigenvalue weighted by Crippen LogP contribution is -2.29. The average Bonchev–Trinajstić information content (AvgIpc) is 3.54. The lowest BCUT2D eigenvalue weighted by atomic mass is 10.2. The maximum Gasteiger partial charge on any atom is 0.354 e. The molecule has 0 aromatic carbocycles. The molecule has 2 radical (unpaired) electrons. The molecule has 2 aliphatic rings. The topological polar surface area (TPSA) is 258 Å². The molecular weight excluding hydrogens is 528 g/mol. The molecule has 202 valence electrons. The zero-order valence-corrected chi connectivity index (χ0v) is 20.5. The lowest BCUT2D eigenvalue weighted by molar-refractivity contribution is -0.0501. The van der Waals surface area contributed by atoms with Crippen LogP contribution in [0.15, 0.2) is 22.2 Å². The summed E-state index contributed by atoms with van der Waals surface area (Å²) >= 11 is 0. The third kappa shape index (κ3) is 5.21. The van der Waals surface area contributed by atoms with Gasteiger partial charge in [0.1, 0.15) is 31.0 Å². The van der Waals surface area contributed by atoms with Crippen LogP contribution in [0.5, 0.6) is 0 Å². The molecule has 0 aliphatic carbocycles. The summed E-state index contributed by atoms with van der Waals surface area (Å²) in [4.78, 5) is 41.8. The molecular formula is C18H23BN9O9P. The summed E-state index contributed by atoms with van der Waals surface area (Å²) in [6.07, 6.45) is -3.24. The van der Waals surface area contributed by atoms with Crippen LogP contribution in [0.3, 0.4) is 0 Å². The number of hydrogen-bond donors (Lipinski definition) is 5. The van der Waals surface area contributed by atoms with Gasteiger partial charge in [-0.25, -0.2) is 14.8 Å². The van der Waals surface area contributed by atoms with E-state index in [1.54, 1.807) is 0 Å². The smallest absolute Gasteiger partial charge is 0.354 e. The zero-order valence-electron chi connectivity index (χ0n) is 19.6. The van der Waals surface area contributed by atoms with Gasteiger partial charge in [0.25, 0.3) is 13.0 Å². The molecule has 7 N–H and O–H groups in total. The Morgan fingerprint density at radius 3 is 2.58 bits per heavy atom. The summed E-state index contributed by atoms with van der Waals surface area (Å²) in [6.45, 7) is -0.946. The molecule has 2 aliphatic heterocycles. The Hall–Kier alpha value is -3.19. The quantitative estimate of drug-likeness (QED) is 0.144. The normalized spacial score (nSPS) is 29.1. The molecule has 5 heterocycles. The highest BCUT2D eigenvalue weighted by Crippen LogP contribution is 2.48. The van der Waals surface area contributed by atoms with Crippen molar-refractivity contribution in [3.8, 4) is 0 Å². The molecule has 0 amide bonds. The van der Waals surface area contributed by atoms with E-state index in [0.29, 0.717) is 0 Å². The van der Waals surface area contributed by atoms with Crippen molar-refractivity contribution in [1.29, 1.82) is 0 Å². The van der Waals surface area contributed by atoms with Crippen molar-refractivity contribution in [1.82, 2.24) is 34.1 Å². The van der Waals surface area contributed by atoms with Gasteiger partial charge < -0.3 is 40.2 Å².